The molecule has 0 unspecified atom stereocenters. The first-order valence-corrected chi connectivity index (χ1v) is 8.73. The highest BCUT2D eigenvalue weighted by molar-refractivity contribution is 7.09. The van der Waals surface area contributed by atoms with Gasteiger partial charge in [0.1, 0.15) is 5.82 Å². The van der Waals surface area contributed by atoms with Crippen molar-refractivity contribution in [2.24, 2.45) is 5.73 Å². The summed E-state index contributed by atoms with van der Waals surface area (Å²) in [5.41, 5.74) is 6.27. The number of amides is 1. The monoisotopic (exact) mass is 319 g/mol. The molecule has 0 radical (unpaired) electrons. The number of aryl methyl sites for hydroxylation is 1. The lowest BCUT2D eigenvalue weighted by molar-refractivity contribution is 0.0990. The van der Waals surface area contributed by atoms with Crippen molar-refractivity contribution in [3.05, 3.63) is 27.7 Å². The lowest BCUT2D eigenvalue weighted by Gasteiger charge is -2.04. The van der Waals surface area contributed by atoms with Crippen LogP contribution in [0.15, 0.2) is 5.38 Å². The molecule has 118 valence electrons. The molecule has 1 fully saturated rings. The summed E-state index contributed by atoms with van der Waals surface area (Å²) in [7, 11) is 0. The average Bonchev–Trinajstić information content (AvgIpc) is 3.20. The Labute approximate surface area is 133 Å². The van der Waals surface area contributed by atoms with E-state index in [1.165, 1.54) is 30.7 Å². The summed E-state index contributed by atoms with van der Waals surface area (Å²) in [5.74, 6) is 0.938. The maximum atomic E-state index is 11.3. The summed E-state index contributed by atoms with van der Waals surface area (Å²) < 4.78 is 1.76. The van der Waals surface area contributed by atoms with Gasteiger partial charge in [-0.15, -0.1) is 16.4 Å². The van der Waals surface area contributed by atoms with Gasteiger partial charge in [0.2, 0.25) is 5.82 Å². The predicted octanol–water partition coefficient (Wildman–Crippen LogP) is 2.49. The zero-order valence-electron chi connectivity index (χ0n) is 12.8. The molecule has 1 aliphatic rings. The third-order valence-electron chi connectivity index (χ3n) is 4.03. The SMILES string of the molecule is CCCc1nc(C(N)=O)nn1Cc1csc(C2CCCC2)n1. The zero-order valence-corrected chi connectivity index (χ0v) is 13.6. The van der Waals surface area contributed by atoms with Gasteiger partial charge in [-0.3, -0.25) is 4.79 Å². The van der Waals surface area contributed by atoms with E-state index in [4.69, 9.17) is 10.7 Å². The van der Waals surface area contributed by atoms with E-state index in [0.29, 0.717) is 12.5 Å². The zero-order chi connectivity index (χ0) is 15.5. The van der Waals surface area contributed by atoms with Crippen molar-refractivity contribution in [3.63, 3.8) is 0 Å². The molecule has 2 N–H and O–H groups in total. The van der Waals surface area contributed by atoms with Crippen LogP contribution in [0.25, 0.3) is 0 Å². The summed E-state index contributed by atoms with van der Waals surface area (Å²) in [5, 5.41) is 7.55. The molecule has 7 heteroatoms. The van der Waals surface area contributed by atoms with Gasteiger partial charge in [-0.25, -0.2) is 14.6 Å². The third kappa shape index (κ3) is 3.19. The number of rotatable bonds is 6. The van der Waals surface area contributed by atoms with Gasteiger partial charge in [0.05, 0.1) is 17.2 Å². The number of hydrogen-bond acceptors (Lipinski definition) is 5. The molecule has 6 nitrogen and oxygen atoms in total. The first kappa shape index (κ1) is 15.1. The van der Waals surface area contributed by atoms with Gasteiger partial charge in [0.25, 0.3) is 5.91 Å². The van der Waals surface area contributed by atoms with E-state index in [-0.39, 0.29) is 5.82 Å². The predicted molar refractivity (Wildman–Crippen MR) is 85.0 cm³/mol. The molecule has 3 rings (SSSR count). The van der Waals surface area contributed by atoms with Gasteiger partial charge >= 0.3 is 0 Å². The van der Waals surface area contributed by atoms with E-state index in [2.05, 4.69) is 22.4 Å². The van der Waals surface area contributed by atoms with Crippen molar-refractivity contribution >= 4 is 17.2 Å². The molecule has 0 atom stereocenters. The van der Waals surface area contributed by atoms with E-state index >= 15 is 0 Å². The van der Waals surface area contributed by atoms with Gasteiger partial charge in [-0.2, -0.15) is 0 Å². The Hall–Kier alpha value is -1.76. The molecular formula is C15H21N5OS. The number of nitrogens with zero attached hydrogens (tertiary/aromatic N) is 4. The highest BCUT2D eigenvalue weighted by Gasteiger charge is 2.21. The molecule has 1 amide bonds. The second-order valence-corrected chi connectivity index (χ2v) is 6.67. The van der Waals surface area contributed by atoms with Crippen molar-refractivity contribution in [2.75, 3.05) is 0 Å². The van der Waals surface area contributed by atoms with Crippen LogP contribution in [0.1, 0.15) is 72.1 Å². The molecule has 0 spiro atoms. The second kappa shape index (κ2) is 6.56. The Morgan fingerprint density at radius 1 is 1.41 bits per heavy atom. The first-order chi connectivity index (χ1) is 10.7. The fourth-order valence-corrected chi connectivity index (χ4v) is 3.91. The van der Waals surface area contributed by atoms with E-state index in [1.807, 2.05) is 0 Å². The van der Waals surface area contributed by atoms with Gasteiger partial charge < -0.3 is 5.73 Å². The molecule has 2 heterocycles. The fourth-order valence-electron chi connectivity index (χ4n) is 2.92. The lowest BCUT2D eigenvalue weighted by atomic mass is 10.1. The number of thiazole rings is 1. The first-order valence-electron chi connectivity index (χ1n) is 7.85. The van der Waals surface area contributed by atoms with Crippen LogP contribution in [-0.4, -0.2) is 25.7 Å². The minimum absolute atomic E-state index is 0.0923. The van der Waals surface area contributed by atoms with E-state index in [0.717, 1.165) is 24.4 Å². The fraction of sp³-hybridized carbons (Fsp3) is 0.600. The Morgan fingerprint density at radius 2 is 2.18 bits per heavy atom. The van der Waals surface area contributed by atoms with Crippen molar-refractivity contribution < 1.29 is 4.79 Å². The van der Waals surface area contributed by atoms with Crippen LogP contribution in [0.3, 0.4) is 0 Å². The molecule has 0 aliphatic heterocycles. The van der Waals surface area contributed by atoms with Gasteiger partial charge in [0.15, 0.2) is 0 Å². The molecule has 22 heavy (non-hydrogen) atoms. The Morgan fingerprint density at radius 3 is 2.86 bits per heavy atom. The van der Waals surface area contributed by atoms with E-state index in [9.17, 15) is 4.79 Å². The number of primary amides is 1. The number of hydrogen-bond donors (Lipinski definition) is 1. The van der Waals surface area contributed by atoms with Crippen molar-refractivity contribution in [2.45, 2.75) is 57.9 Å². The quantitative estimate of drug-likeness (QED) is 0.886. The summed E-state index contributed by atoms with van der Waals surface area (Å²) in [4.78, 5) is 20.3. The third-order valence-corrected chi connectivity index (χ3v) is 5.08. The molecule has 2 aromatic rings. The van der Waals surface area contributed by atoms with Crippen LogP contribution in [0.5, 0.6) is 0 Å². The normalized spacial score (nSPS) is 15.5. The minimum Gasteiger partial charge on any atom is -0.363 e. The van der Waals surface area contributed by atoms with Crippen LogP contribution in [0.4, 0.5) is 0 Å². The highest BCUT2D eigenvalue weighted by Crippen LogP contribution is 2.35. The molecule has 0 aromatic carbocycles. The minimum atomic E-state index is -0.582. The largest absolute Gasteiger partial charge is 0.363 e. The molecule has 2 aromatic heterocycles. The molecule has 0 saturated heterocycles. The summed E-state index contributed by atoms with van der Waals surface area (Å²) in [6.45, 7) is 2.63. The highest BCUT2D eigenvalue weighted by atomic mass is 32.1. The molecule has 1 saturated carbocycles. The van der Waals surface area contributed by atoms with Gasteiger partial charge in [-0.05, 0) is 19.3 Å². The van der Waals surface area contributed by atoms with Crippen molar-refractivity contribution in [3.8, 4) is 0 Å². The lowest BCUT2D eigenvalue weighted by Crippen LogP contribution is -2.14. The van der Waals surface area contributed by atoms with Gasteiger partial charge in [-0.1, -0.05) is 19.8 Å². The second-order valence-electron chi connectivity index (χ2n) is 5.78. The molecule has 0 bridgehead atoms. The number of aromatic nitrogens is 4. The maximum absolute atomic E-state index is 11.3. The Balaban J connectivity index is 1.78. The average molecular weight is 319 g/mol. The van der Waals surface area contributed by atoms with Crippen molar-refractivity contribution in [1.82, 2.24) is 19.7 Å². The van der Waals surface area contributed by atoms with Crippen LogP contribution < -0.4 is 5.73 Å². The Kier molecular flexibility index (Phi) is 4.52. The van der Waals surface area contributed by atoms with Crippen molar-refractivity contribution in [1.29, 1.82) is 0 Å². The van der Waals surface area contributed by atoms with Crippen LogP contribution in [-0.2, 0) is 13.0 Å². The Bertz CT molecular complexity index is 657. The molecule has 1 aliphatic carbocycles. The van der Waals surface area contributed by atoms with Crippen LogP contribution in [0.2, 0.25) is 0 Å². The maximum Gasteiger partial charge on any atom is 0.288 e. The summed E-state index contributed by atoms with van der Waals surface area (Å²) in [6.07, 6.45) is 6.85. The summed E-state index contributed by atoms with van der Waals surface area (Å²) in [6, 6.07) is 0. The smallest absolute Gasteiger partial charge is 0.288 e. The topological polar surface area (TPSA) is 86.7 Å². The standard InChI is InChI=1S/C15H21N5OS/c1-2-5-12-18-14(13(16)21)19-20(12)8-11-9-22-15(17-11)10-6-3-4-7-10/h9-10H,2-8H2,1H3,(H2,16,21). The number of carbonyl (C=O) groups excluding carboxylic acids is 1. The van der Waals surface area contributed by atoms with E-state index in [1.54, 1.807) is 16.0 Å². The van der Waals surface area contributed by atoms with Gasteiger partial charge in [0, 0.05) is 17.7 Å². The van der Waals surface area contributed by atoms with Crippen LogP contribution >= 0.6 is 11.3 Å². The number of nitrogens with two attached hydrogens (primary N) is 1. The number of carbonyl (C=O) groups is 1. The summed E-state index contributed by atoms with van der Waals surface area (Å²) >= 11 is 1.73. The molecular weight excluding hydrogens is 298 g/mol. The van der Waals surface area contributed by atoms with E-state index < -0.39 is 5.91 Å². The van der Waals surface area contributed by atoms with Crippen LogP contribution in [0, 0.1) is 0 Å².